The molecule has 2 amide bonds. The summed E-state index contributed by atoms with van der Waals surface area (Å²) in [4.78, 5) is 23.3. The van der Waals surface area contributed by atoms with Gasteiger partial charge >= 0.3 is 0 Å². The molecule has 0 saturated carbocycles. The maximum absolute atomic E-state index is 11.9. The quantitative estimate of drug-likeness (QED) is 0.890. The summed E-state index contributed by atoms with van der Waals surface area (Å²) in [5, 5.41) is 5.26. The van der Waals surface area contributed by atoms with E-state index in [0.717, 1.165) is 5.56 Å². The van der Waals surface area contributed by atoms with E-state index in [-0.39, 0.29) is 18.4 Å². The standard InChI is InChI=1S/C17H18N2O3/c1-12-5-3-4-6-15(12)22-11-16(20)19-14-9-7-13(8-10-14)17(21)18-2/h3-10H,11H2,1-2H3,(H,18,21)(H,19,20). The zero-order valence-electron chi connectivity index (χ0n) is 12.6. The second-order valence-corrected chi connectivity index (χ2v) is 4.76. The van der Waals surface area contributed by atoms with Gasteiger partial charge in [-0.15, -0.1) is 0 Å². The van der Waals surface area contributed by atoms with Gasteiger partial charge in [0.2, 0.25) is 0 Å². The van der Waals surface area contributed by atoms with Crippen molar-refractivity contribution in [2.75, 3.05) is 19.0 Å². The zero-order chi connectivity index (χ0) is 15.9. The molecule has 22 heavy (non-hydrogen) atoms. The molecule has 114 valence electrons. The van der Waals surface area contributed by atoms with Crippen molar-refractivity contribution in [3.05, 3.63) is 59.7 Å². The van der Waals surface area contributed by atoms with Crippen LogP contribution in [0.15, 0.2) is 48.5 Å². The van der Waals surface area contributed by atoms with Crippen LogP contribution in [-0.4, -0.2) is 25.5 Å². The molecule has 0 heterocycles. The van der Waals surface area contributed by atoms with Gasteiger partial charge in [-0.1, -0.05) is 18.2 Å². The molecule has 0 aliphatic carbocycles. The van der Waals surface area contributed by atoms with Crippen LogP contribution in [0.1, 0.15) is 15.9 Å². The first-order valence-electron chi connectivity index (χ1n) is 6.90. The van der Waals surface area contributed by atoms with Crippen molar-refractivity contribution in [1.29, 1.82) is 0 Å². The lowest BCUT2D eigenvalue weighted by molar-refractivity contribution is -0.118. The van der Waals surface area contributed by atoms with Gasteiger partial charge in [0.05, 0.1) is 0 Å². The van der Waals surface area contributed by atoms with Gasteiger partial charge < -0.3 is 15.4 Å². The number of hydrogen-bond donors (Lipinski definition) is 2. The van der Waals surface area contributed by atoms with Crippen molar-refractivity contribution in [2.24, 2.45) is 0 Å². The van der Waals surface area contributed by atoms with Gasteiger partial charge in [-0.3, -0.25) is 9.59 Å². The van der Waals surface area contributed by atoms with E-state index in [9.17, 15) is 9.59 Å². The van der Waals surface area contributed by atoms with Gasteiger partial charge in [0.25, 0.3) is 11.8 Å². The molecular weight excluding hydrogens is 280 g/mol. The molecule has 0 aromatic heterocycles. The number of hydrogen-bond acceptors (Lipinski definition) is 3. The smallest absolute Gasteiger partial charge is 0.262 e. The Morgan fingerprint density at radius 2 is 1.73 bits per heavy atom. The van der Waals surface area contributed by atoms with E-state index in [0.29, 0.717) is 17.0 Å². The molecule has 2 aromatic carbocycles. The van der Waals surface area contributed by atoms with Crippen LogP contribution in [0.3, 0.4) is 0 Å². The second kappa shape index (κ2) is 7.26. The fourth-order valence-electron chi connectivity index (χ4n) is 1.91. The van der Waals surface area contributed by atoms with Gasteiger partial charge in [0.1, 0.15) is 5.75 Å². The Morgan fingerprint density at radius 1 is 1.05 bits per heavy atom. The third kappa shape index (κ3) is 4.09. The van der Waals surface area contributed by atoms with Crippen molar-refractivity contribution in [2.45, 2.75) is 6.92 Å². The van der Waals surface area contributed by atoms with Gasteiger partial charge in [-0.25, -0.2) is 0 Å². The third-order valence-electron chi connectivity index (χ3n) is 3.11. The Balaban J connectivity index is 1.89. The number of carbonyl (C=O) groups excluding carboxylic acids is 2. The molecule has 0 saturated heterocycles. The molecule has 0 aliphatic rings. The van der Waals surface area contributed by atoms with Crippen LogP contribution in [0.4, 0.5) is 5.69 Å². The van der Waals surface area contributed by atoms with Gasteiger partial charge in [0, 0.05) is 18.3 Å². The first kappa shape index (κ1) is 15.6. The number of carbonyl (C=O) groups is 2. The average Bonchev–Trinajstić information content (AvgIpc) is 2.54. The molecule has 2 rings (SSSR count). The number of rotatable bonds is 5. The first-order chi connectivity index (χ1) is 10.6. The molecule has 2 N–H and O–H groups in total. The highest BCUT2D eigenvalue weighted by Crippen LogP contribution is 2.16. The van der Waals surface area contributed by atoms with Crippen LogP contribution in [0.25, 0.3) is 0 Å². The fourth-order valence-corrected chi connectivity index (χ4v) is 1.91. The Labute approximate surface area is 129 Å². The van der Waals surface area contributed by atoms with Crippen LogP contribution >= 0.6 is 0 Å². The summed E-state index contributed by atoms with van der Waals surface area (Å²) in [5.41, 5.74) is 2.13. The number of nitrogens with one attached hydrogen (secondary N) is 2. The van der Waals surface area contributed by atoms with Crippen molar-refractivity contribution in [3.8, 4) is 5.75 Å². The summed E-state index contributed by atoms with van der Waals surface area (Å²) < 4.78 is 5.47. The second-order valence-electron chi connectivity index (χ2n) is 4.76. The molecule has 0 aliphatic heterocycles. The molecule has 0 fully saturated rings. The van der Waals surface area contributed by atoms with Gasteiger partial charge in [0.15, 0.2) is 6.61 Å². The number of benzene rings is 2. The van der Waals surface area contributed by atoms with Crippen LogP contribution in [0.5, 0.6) is 5.75 Å². The van der Waals surface area contributed by atoms with Crippen LogP contribution < -0.4 is 15.4 Å². The molecule has 5 nitrogen and oxygen atoms in total. The topological polar surface area (TPSA) is 67.4 Å². The monoisotopic (exact) mass is 298 g/mol. The lowest BCUT2D eigenvalue weighted by Gasteiger charge is -2.09. The van der Waals surface area contributed by atoms with E-state index in [1.807, 2.05) is 31.2 Å². The highest BCUT2D eigenvalue weighted by Gasteiger charge is 2.06. The summed E-state index contributed by atoms with van der Waals surface area (Å²) in [7, 11) is 1.57. The summed E-state index contributed by atoms with van der Waals surface area (Å²) in [6.07, 6.45) is 0. The van der Waals surface area contributed by atoms with Crippen molar-refractivity contribution in [3.63, 3.8) is 0 Å². The minimum atomic E-state index is -0.254. The van der Waals surface area contributed by atoms with Gasteiger partial charge in [-0.2, -0.15) is 0 Å². The number of amides is 2. The number of ether oxygens (including phenoxy) is 1. The molecule has 0 spiro atoms. The molecule has 2 aromatic rings. The van der Waals surface area contributed by atoms with Gasteiger partial charge in [-0.05, 0) is 42.8 Å². The lowest BCUT2D eigenvalue weighted by atomic mass is 10.2. The van der Waals surface area contributed by atoms with E-state index in [1.165, 1.54) is 0 Å². The number of anilines is 1. The predicted molar refractivity (Wildman–Crippen MR) is 85.1 cm³/mol. The summed E-state index contributed by atoms with van der Waals surface area (Å²) >= 11 is 0. The third-order valence-corrected chi connectivity index (χ3v) is 3.11. The van der Waals surface area contributed by atoms with Crippen molar-refractivity contribution >= 4 is 17.5 Å². The summed E-state index contributed by atoms with van der Waals surface area (Å²) in [5.74, 6) is 0.268. The van der Waals surface area contributed by atoms with Crippen molar-refractivity contribution in [1.82, 2.24) is 5.32 Å². The molecule has 0 bridgehead atoms. The van der Waals surface area contributed by atoms with E-state index in [4.69, 9.17) is 4.74 Å². The minimum Gasteiger partial charge on any atom is -0.483 e. The van der Waals surface area contributed by atoms with E-state index in [1.54, 1.807) is 31.3 Å². The summed E-state index contributed by atoms with van der Waals surface area (Å²) in [6.45, 7) is 1.85. The van der Waals surface area contributed by atoms with Crippen LogP contribution in [0.2, 0.25) is 0 Å². The Morgan fingerprint density at radius 3 is 2.36 bits per heavy atom. The Bertz CT molecular complexity index is 666. The highest BCUT2D eigenvalue weighted by molar-refractivity contribution is 5.95. The highest BCUT2D eigenvalue weighted by atomic mass is 16.5. The number of aryl methyl sites for hydroxylation is 1. The zero-order valence-corrected chi connectivity index (χ0v) is 12.6. The Hall–Kier alpha value is -2.82. The van der Waals surface area contributed by atoms with E-state index < -0.39 is 0 Å². The molecule has 0 radical (unpaired) electrons. The molecule has 0 unspecified atom stereocenters. The normalized spacial score (nSPS) is 9.91. The van der Waals surface area contributed by atoms with Crippen LogP contribution in [0, 0.1) is 6.92 Å². The molecular formula is C17H18N2O3. The lowest BCUT2D eigenvalue weighted by Crippen LogP contribution is -2.21. The predicted octanol–water partition coefficient (Wildman–Crippen LogP) is 2.37. The SMILES string of the molecule is CNC(=O)c1ccc(NC(=O)COc2ccccc2C)cc1. The minimum absolute atomic E-state index is 0.0674. The fraction of sp³-hybridized carbons (Fsp3) is 0.176. The largest absolute Gasteiger partial charge is 0.483 e. The molecule has 5 heteroatoms. The van der Waals surface area contributed by atoms with E-state index in [2.05, 4.69) is 10.6 Å². The molecule has 0 atom stereocenters. The maximum Gasteiger partial charge on any atom is 0.262 e. The van der Waals surface area contributed by atoms with E-state index >= 15 is 0 Å². The average molecular weight is 298 g/mol. The maximum atomic E-state index is 11.9. The first-order valence-corrected chi connectivity index (χ1v) is 6.90. The summed E-state index contributed by atoms with van der Waals surface area (Å²) in [6, 6.07) is 14.2. The van der Waals surface area contributed by atoms with Crippen LogP contribution in [-0.2, 0) is 4.79 Å². The Kier molecular flexibility index (Phi) is 5.14. The number of para-hydroxylation sites is 1. The van der Waals surface area contributed by atoms with Crippen molar-refractivity contribution < 1.29 is 14.3 Å².